The highest BCUT2D eigenvalue weighted by Gasteiger charge is 2.31. The average Bonchev–Trinajstić information content (AvgIpc) is 3.00. The van der Waals surface area contributed by atoms with Crippen molar-refractivity contribution < 1.29 is 14.3 Å². The number of amides is 2. The molecule has 0 bridgehead atoms. The molecule has 114 valence electrons. The standard InChI is InChI=1S/C15H15N3O3S/c1-10-14(20)18(11-4-2-3-5-12(11)21-10)8-6-13(19)17-15-16-7-9-22-15/h2-5,7,9-10H,6,8H2,1H3,(H,16,17,19)/t10-/m1/s1. The highest BCUT2D eigenvalue weighted by atomic mass is 32.1. The Morgan fingerprint density at radius 1 is 1.45 bits per heavy atom. The number of benzene rings is 1. The van der Waals surface area contributed by atoms with E-state index in [-0.39, 0.29) is 18.2 Å². The first kappa shape index (κ1) is 14.5. The van der Waals surface area contributed by atoms with Crippen LogP contribution < -0.4 is 15.0 Å². The average molecular weight is 317 g/mol. The number of nitrogens with one attached hydrogen (secondary N) is 1. The zero-order valence-corrected chi connectivity index (χ0v) is 12.8. The molecule has 6 nitrogen and oxygen atoms in total. The topological polar surface area (TPSA) is 71.5 Å². The number of nitrogens with zero attached hydrogens (tertiary/aromatic N) is 2. The summed E-state index contributed by atoms with van der Waals surface area (Å²) in [6, 6.07) is 7.33. The van der Waals surface area contributed by atoms with Crippen LogP contribution in [-0.4, -0.2) is 29.4 Å². The van der Waals surface area contributed by atoms with Gasteiger partial charge in [0.05, 0.1) is 5.69 Å². The summed E-state index contributed by atoms with van der Waals surface area (Å²) in [5.74, 6) is 0.357. The third-order valence-corrected chi connectivity index (χ3v) is 4.00. The molecular weight excluding hydrogens is 302 g/mol. The molecule has 0 spiro atoms. The van der Waals surface area contributed by atoms with Gasteiger partial charge in [0.25, 0.3) is 5.91 Å². The lowest BCUT2D eigenvalue weighted by Gasteiger charge is -2.32. The molecule has 0 radical (unpaired) electrons. The highest BCUT2D eigenvalue weighted by Crippen LogP contribution is 2.33. The molecule has 1 aliphatic heterocycles. The maximum atomic E-state index is 12.3. The number of thiazole rings is 1. The smallest absolute Gasteiger partial charge is 0.267 e. The molecule has 0 unspecified atom stereocenters. The molecule has 2 amide bonds. The van der Waals surface area contributed by atoms with E-state index in [0.717, 1.165) is 0 Å². The van der Waals surface area contributed by atoms with Crippen LogP contribution in [0.4, 0.5) is 10.8 Å². The number of rotatable bonds is 4. The normalized spacial score (nSPS) is 16.9. The van der Waals surface area contributed by atoms with E-state index >= 15 is 0 Å². The third-order valence-electron chi connectivity index (χ3n) is 3.31. The summed E-state index contributed by atoms with van der Waals surface area (Å²) in [4.78, 5) is 29.8. The number of anilines is 2. The van der Waals surface area contributed by atoms with Crippen LogP contribution in [0.1, 0.15) is 13.3 Å². The maximum Gasteiger partial charge on any atom is 0.267 e. The Morgan fingerprint density at radius 2 is 2.27 bits per heavy atom. The second kappa shape index (κ2) is 6.15. The summed E-state index contributed by atoms with van der Waals surface area (Å²) in [5, 5.41) is 5.06. The Kier molecular flexibility index (Phi) is 4.06. The van der Waals surface area contributed by atoms with Gasteiger partial charge in [-0.05, 0) is 19.1 Å². The van der Waals surface area contributed by atoms with Crippen molar-refractivity contribution in [3.8, 4) is 5.75 Å². The molecule has 22 heavy (non-hydrogen) atoms. The molecule has 0 saturated heterocycles. The zero-order valence-electron chi connectivity index (χ0n) is 12.0. The van der Waals surface area contributed by atoms with Gasteiger partial charge in [0.15, 0.2) is 11.2 Å². The van der Waals surface area contributed by atoms with E-state index in [9.17, 15) is 9.59 Å². The number of hydrogen-bond acceptors (Lipinski definition) is 5. The fourth-order valence-electron chi connectivity index (χ4n) is 2.27. The molecular formula is C15H15N3O3S. The highest BCUT2D eigenvalue weighted by molar-refractivity contribution is 7.13. The molecule has 1 N–H and O–H groups in total. The Balaban J connectivity index is 1.68. The molecule has 0 aliphatic carbocycles. The number of carbonyl (C=O) groups is 2. The number of ether oxygens (including phenoxy) is 1. The second-order valence-corrected chi connectivity index (χ2v) is 5.75. The summed E-state index contributed by atoms with van der Waals surface area (Å²) in [7, 11) is 0. The lowest BCUT2D eigenvalue weighted by atomic mass is 10.1. The summed E-state index contributed by atoms with van der Waals surface area (Å²) in [6.07, 6.45) is 1.28. The van der Waals surface area contributed by atoms with Crippen molar-refractivity contribution in [3.05, 3.63) is 35.8 Å². The molecule has 2 aromatic rings. The molecule has 1 aliphatic rings. The number of carbonyl (C=O) groups excluding carboxylic acids is 2. The van der Waals surface area contributed by atoms with Gasteiger partial charge in [-0.1, -0.05) is 12.1 Å². The Labute approximate surface area is 131 Å². The van der Waals surface area contributed by atoms with Crippen LogP contribution in [0.2, 0.25) is 0 Å². The molecule has 7 heteroatoms. The largest absolute Gasteiger partial charge is 0.479 e. The van der Waals surface area contributed by atoms with Gasteiger partial charge in [-0.25, -0.2) is 4.98 Å². The van der Waals surface area contributed by atoms with Gasteiger partial charge < -0.3 is 15.0 Å². The molecule has 1 aromatic carbocycles. The lowest BCUT2D eigenvalue weighted by molar-refractivity contribution is -0.125. The van der Waals surface area contributed by atoms with Crippen molar-refractivity contribution in [3.63, 3.8) is 0 Å². The van der Waals surface area contributed by atoms with Crippen LogP contribution in [0.5, 0.6) is 5.75 Å². The second-order valence-electron chi connectivity index (χ2n) is 4.85. The maximum absolute atomic E-state index is 12.3. The molecule has 3 rings (SSSR count). The van der Waals surface area contributed by atoms with Gasteiger partial charge in [0.2, 0.25) is 5.91 Å². The van der Waals surface area contributed by atoms with Gasteiger partial charge in [-0.3, -0.25) is 9.59 Å². The van der Waals surface area contributed by atoms with Gasteiger partial charge >= 0.3 is 0 Å². The summed E-state index contributed by atoms with van der Waals surface area (Å²) in [5.41, 5.74) is 0.702. The summed E-state index contributed by atoms with van der Waals surface area (Å²) in [6.45, 7) is 2.02. The van der Waals surface area contributed by atoms with Gasteiger partial charge in [0.1, 0.15) is 5.75 Å². The third kappa shape index (κ3) is 2.94. The SMILES string of the molecule is C[C@H]1Oc2ccccc2N(CCC(=O)Nc2nccs2)C1=O. The summed E-state index contributed by atoms with van der Waals surface area (Å²) < 4.78 is 5.57. The van der Waals surface area contributed by atoms with E-state index in [1.54, 1.807) is 23.4 Å². The molecule has 2 heterocycles. The Hall–Kier alpha value is -2.41. The number of hydrogen-bond donors (Lipinski definition) is 1. The predicted octanol–water partition coefficient (Wildman–Crippen LogP) is 2.29. The monoisotopic (exact) mass is 317 g/mol. The minimum atomic E-state index is -0.545. The van der Waals surface area contributed by atoms with Crippen LogP contribution in [0.15, 0.2) is 35.8 Å². The van der Waals surface area contributed by atoms with Gasteiger partial charge in [0, 0.05) is 24.5 Å². The molecule has 0 saturated carbocycles. The van der Waals surface area contributed by atoms with E-state index in [1.807, 2.05) is 24.3 Å². The first-order chi connectivity index (χ1) is 10.6. The van der Waals surface area contributed by atoms with Crippen molar-refractivity contribution in [2.75, 3.05) is 16.8 Å². The van der Waals surface area contributed by atoms with E-state index in [4.69, 9.17) is 4.74 Å². The van der Waals surface area contributed by atoms with Crippen LogP contribution in [0.3, 0.4) is 0 Å². The van der Waals surface area contributed by atoms with E-state index in [1.165, 1.54) is 11.3 Å². The van der Waals surface area contributed by atoms with Crippen LogP contribution in [0.25, 0.3) is 0 Å². The molecule has 1 atom stereocenters. The van der Waals surface area contributed by atoms with Crippen LogP contribution in [0, 0.1) is 0 Å². The lowest BCUT2D eigenvalue weighted by Crippen LogP contribution is -2.45. The summed E-state index contributed by atoms with van der Waals surface area (Å²) >= 11 is 1.36. The van der Waals surface area contributed by atoms with Crippen molar-refractivity contribution in [2.24, 2.45) is 0 Å². The Morgan fingerprint density at radius 3 is 3.05 bits per heavy atom. The predicted molar refractivity (Wildman–Crippen MR) is 84.2 cm³/mol. The van der Waals surface area contributed by atoms with E-state index < -0.39 is 6.10 Å². The van der Waals surface area contributed by atoms with Gasteiger partial charge in [-0.2, -0.15) is 0 Å². The van der Waals surface area contributed by atoms with Crippen molar-refractivity contribution in [1.82, 2.24) is 4.98 Å². The molecule has 0 fully saturated rings. The number of para-hydroxylation sites is 2. The quantitative estimate of drug-likeness (QED) is 0.939. The van der Waals surface area contributed by atoms with Crippen LogP contribution >= 0.6 is 11.3 Å². The van der Waals surface area contributed by atoms with E-state index in [2.05, 4.69) is 10.3 Å². The van der Waals surface area contributed by atoms with Gasteiger partial charge in [-0.15, -0.1) is 11.3 Å². The minimum Gasteiger partial charge on any atom is -0.479 e. The minimum absolute atomic E-state index is 0.138. The number of aromatic nitrogens is 1. The Bertz CT molecular complexity index is 687. The van der Waals surface area contributed by atoms with Crippen molar-refractivity contribution >= 4 is 34.0 Å². The first-order valence-electron chi connectivity index (χ1n) is 6.91. The first-order valence-corrected chi connectivity index (χ1v) is 7.79. The van der Waals surface area contributed by atoms with Crippen LogP contribution in [-0.2, 0) is 9.59 Å². The zero-order chi connectivity index (χ0) is 15.5. The fourth-order valence-corrected chi connectivity index (χ4v) is 2.81. The van der Waals surface area contributed by atoms with Crippen molar-refractivity contribution in [2.45, 2.75) is 19.4 Å². The molecule has 1 aromatic heterocycles. The fraction of sp³-hybridized carbons (Fsp3) is 0.267. The van der Waals surface area contributed by atoms with E-state index in [0.29, 0.717) is 23.1 Å². The number of fused-ring (bicyclic) bond motifs is 1. The van der Waals surface area contributed by atoms with Crippen molar-refractivity contribution in [1.29, 1.82) is 0 Å².